The van der Waals surface area contributed by atoms with Crippen molar-refractivity contribution in [3.8, 4) is 0 Å². The number of nitrogens with two attached hydrogens (primary N) is 1. The summed E-state index contributed by atoms with van der Waals surface area (Å²) in [6.45, 7) is 2.17. The lowest BCUT2D eigenvalue weighted by atomic mass is 9.97. The van der Waals surface area contributed by atoms with Gasteiger partial charge in [-0.05, 0) is 35.2 Å². The van der Waals surface area contributed by atoms with Crippen LogP contribution in [0.5, 0.6) is 0 Å². The van der Waals surface area contributed by atoms with E-state index in [1.807, 2.05) is 12.1 Å². The van der Waals surface area contributed by atoms with Gasteiger partial charge in [0.1, 0.15) is 0 Å². The molecule has 1 atom stereocenters. The summed E-state index contributed by atoms with van der Waals surface area (Å²) in [6, 6.07) is 13.9. The van der Waals surface area contributed by atoms with Gasteiger partial charge in [-0.2, -0.15) is 0 Å². The fourth-order valence-electron chi connectivity index (χ4n) is 2.24. The molecule has 3 N–H and O–H groups in total. The van der Waals surface area contributed by atoms with E-state index in [0.29, 0.717) is 10.0 Å². The lowest BCUT2D eigenvalue weighted by Gasteiger charge is -2.18. The summed E-state index contributed by atoms with van der Waals surface area (Å²) in [5, 5.41) is 1.08. The van der Waals surface area contributed by atoms with Crippen molar-refractivity contribution in [2.45, 2.75) is 25.8 Å². The minimum Gasteiger partial charge on any atom is -0.271 e. The highest BCUT2D eigenvalue weighted by Gasteiger charge is 2.13. The molecule has 2 rings (SSSR count). The molecule has 0 saturated heterocycles. The van der Waals surface area contributed by atoms with E-state index in [-0.39, 0.29) is 6.04 Å². The van der Waals surface area contributed by atoms with Crippen LogP contribution in [0.1, 0.15) is 36.1 Å². The average Bonchev–Trinajstić information content (AvgIpc) is 2.46. The number of rotatable bonds is 5. The van der Waals surface area contributed by atoms with Gasteiger partial charge in [-0.3, -0.25) is 5.84 Å². The second kappa shape index (κ2) is 7.09. The van der Waals surface area contributed by atoms with Crippen LogP contribution in [0.4, 0.5) is 0 Å². The maximum Gasteiger partial charge on any atom is 0.0710 e. The normalized spacial score (nSPS) is 12.4. The van der Waals surface area contributed by atoms with Crippen molar-refractivity contribution < 1.29 is 0 Å². The van der Waals surface area contributed by atoms with Gasteiger partial charge in [0.15, 0.2) is 0 Å². The zero-order valence-electron chi connectivity index (χ0n) is 11.4. The first kappa shape index (κ1) is 15.3. The molecule has 4 heteroatoms. The maximum atomic E-state index is 6.07. The van der Waals surface area contributed by atoms with E-state index in [2.05, 4.69) is 36.6 Å². The van der Waals surface area contributed by atoms with Crippen molar-refractivity contribution in [3.05, 3.63) is 69.2 Å². The number of hydrazine groups is 1. The first-order chi connectivity index (χ1) is 9.65. The predicted octanol–water partition coefficient (Wildman–Crippen LogP) is 4.50. The van der Waals surface area contributed by atoms with E-state index in [4.69, 9.17) is 29.0 Å². The molecule has 2 nitrogen and oxygen atoms in total. The number of aryl methyl sites for hydroxylation is 1. The summed E-state index contributed by atoms with van der Waals surface area (Å²) in [7, 11) is 0. The molecular formula is C16H18Cl2N2. The first-order valence-corrected chi connectivity index (χ1v) is 7.41. The summed E-state index contributed by atoms with van der Waals surface area (Å²) in [6.07, 6.45) is 2.23. The molecule has 20 heavy (non-hydrogen) atoms. The van der Waals surface area contributed by atoms with Crippen LogP contribution in [0.3, 0.4) is 0 Å². The second-order valence-corrected chi connectivity index (χ2v) is 5.58. The van der Waals surface area contributed by atoms with Crippen LogP contribution >= 0.6 is 23.2 Å². The molecule has 0 aromatic heterocycles. The Morgan fingerprint density at radius 2 is 1.65 bits per heavy atom. The number of hydrogen-bond donors (Lipinski definition) is 2. The highest BCUT2D eigenvalue weighted by Crippen LogP contribution is 2.28. The fourth-order valence-corrected chi connectivity index (χ4v) is 2.55. The third kappa shape index (κ3) is 3.53. The summed E-state index contributed by atoms with van der Waals surface area (Å²) in [4.78, 5) is 0. The van der Waals surface area contributed by atoms with E-state index >= 15 is 0 Å². The minimum atomic E-state index is -0.0968. The molecule has 0 heterocycles. The monoisotopic (exact) mass is 308 g/mol. The van der Waals surface area contributed by atoms with Gasteiger partial charge in [0.25, 0.3) is 0 Å². The molecule has 0 fully saturated rings. The Morgan fingerprint density at radius 3 is 2.20 bits per heavy atom. The van der Waals surface area contributed by atoms with Gasteiger partial charge in [0.2, 0.25) is 0 Å². The van der Waals surface area contributed by atoms with Gasteiger partial charge < -0.3 is 0 Å². The molecule has 1 unspecified atom stereocenters. The summed E-state index contributed by atoms with van der Waals surface area (Å²) in [5.41, 5.74) is 6.26. The van der Waals surface area contributed by atoms with Crippen molar-refractivity contribution in [1.29, 1.82) is 0 Å². The largest absolute Gasteiger partial charge is 0.271 e. The lowest BCUT2D eigenvalue weighted by molar-refractivity contribution is 0.636. The highest BCUT2D eigenvalue weighted by molar-refractivity contribution is 6.42. The van der Waals surface area contributed by atoms with Crippen molar-refractivity contribution in [2.24, 2.45) is 5.84 Å². The minimum absolute atomic E-state index is 0.0968. The molecule has 0 spiro atoms. The van der Waals surface area contributed by atoms with Crippen LogP contribution in [0, 0.1) is 0 Å². The van der Waals surface area contributed by atoms with Crippen LogP contribution in [0.15, 0.2) is 42.5 Å². The number of hydrogen-bond acceptors (Lipinski definition) is 2. The van der Waals surface area contributed by atoms with Crippen molar-refractivity contribution in [1.82, 2.24) is 5.43 Å². The fraction of sp³-hybridized carbons (Fsp3) is 0.250. The Balaban J connectivity index is 2.29. The molecule has 0 saturated carbocycles. The highest BCUT2D eigenvalue weighted by atomic mass is 35.5. The zero-order chi connectivity index (χ0) is 14.5. The molecule has 2 aromatic rings. The Morgan fingerprint density at radius 1 is 1.00 bits per heavy atom. The lowest BCUT2D eigenvalue weighted by Crippen LogP contribution is -2.28. The van der Waals surface area contributed by atoms with Gasteiger partial charge in [0.05, 0.1) is 16.1 Å². The summed E-state index contributed by atoms with van der Waals surface area (Å²) < 4.78 is 0. The van der Waals surface area contributed by atoms with Crippen molar-refractivity contribution >= 4 is 23.2 Å². The average molecular weight is 309 g/mol. The van der Waals surface area contributed by atoms with E-state index in [1.165, 1.54) is 5.56 Å². The molecule has 0 aliphatic rings. The molecule has 0 aliphatic heterocycles. The molecule has 106 valence electrons. The predicted molar refractivity (Wildman–Crippen MR) is 86.1 cm³/mol. The first-order valence-electron chi connectivity index (χ1n) is 6.65. The van der Waals surface area contributed by atoms with Gasteiger partial charge in [-0.1, -0.05) is 66.9 Å². The van der Waals surface area contributed by atoms with E-state index < -0.39 is 0 Å². The summed E-state index contributed by atoms with van der Waals surface area (Å²) in [5.74, 6) is 5.70. The maximum absolute atomic E-state index is 6.07. The van der Waals surface area contributed by atoms with Crippen LogP contribution in [0.25, 0.3) is 0 Å². The smallest absolute Gasteiger partial charge is 0.0710 e. The third-order valence-electron chi connectivity index (χ3n) is 3.30. The second-order valence-electron chi connectivity index (χ2n) is 4.76. The van der Waals surface area contributed by atoms with Crippen LogP contribution in [-0.4, -0.2) is 0 Å². The Kier molecular flexibility index (Phi) is 5.44. The number of nitrogens with one attached hydrogen (secondary N) is 1. The molecule has 2 aromatic carbocycles. The molecule has 0 radical (unpaired) electrons. The summed E-state index contributed by atoms with van der Waals surface area (Å²) >= 11 is 12.0. The molecule has 0 aliphatic carbocycles. The molecular weight excluding hydrogens is 291 g/mol. The standard InChI is InChI=1S/C16H18Cl2N2/c1-2-3-11-4-6-12(7-5-11)16(20-19)13-8-9-14(17)15(18)10-13/h4-10,16,20H,2-3,19H2,1H3. The van der Waals surface area contributed by atoms with Crippen LogP contribution in [0.2, 0.25) is 10.0 Å². The quantitative estimate of drug-likeness (QED) is 0.630. The van der Waals surface area contributed by atoms with Gasteiger partial charge >= 0.3 is 0 Å². The SMILES string of the molecule is CCCc1ccc(C(NN)c2ccc(Cl)c(Cl)c2)cc1. The van der Waals surface area contributed by atoms with E-state index in [1.54, 1.807) is 6.07 Å². The third-order valence-corrected chi connectivity index (χ3v) is 4.03. The van der Waals surface area contributed by atoms with E-state index in [0.717, 1.165) is 24.0 Å². The van der Waals surface area contributed by atoms with Crippen molar-refractivity contribution in [3.63, 3.8) is 0 Å². The van der Waals surface area contributed by atoms with Gasteiger partial charge in [0, 0.05) is 0 Å². The Bertz CT molecular complexity index is 567. The Labute approximate surface area is 129 Å². The Hall–Kier alpha value is -1.06. The van der Waals surface area contributed by atoms with Crippen LogP contribution < -0.4 is 11.3 Å². The van der Waals surface area contributed by atoms with Crippen LogP contribution in [-0.2, 0) is 6.42 Å². The zero-order valence-corrected chi connectivity index (χ0v) is 12.9. The van der Waals surface area contributed by atoms with Gasteiger partial charge in [-0.15, -0.1) is 0 Å². The number of benzene rings is 2. The van der Waals surface area contributed by atoms with Gasteiger partial charge in [-0.25, -0.2) is 5.43 Å². The topological polar surface area (TPSA) is 38.0 Å². The molecule has 0 bridgehead atoms. The molecule has 0 amide bonds. The number of halogens is 2. The van der Waals surface area contributed by atoms with E-state index in [9.17, 15) is 0 Å². The van der Waals surface area contributed by atoms with Crippen molar-refractivity contribution in [2.75, 3.05) is 0 Å².